The minimum Gasteiger partial charge on any atom is -0.481 e. The Morgan fingerprint density at radius 3 is 2.42 bits per heavy atom. The second kappa shape index (κ2) is 7.82. The third kappa shape index (κ3) is 4.44. The van der Waals surface area contributed by atoms with E-state index in [0.29, 0.717) is 19.8 Å². The average molecular weight is 273 g/mol. The maximum Gasteiger partial charge on any atom is 0.310 e. The number of aliphatic carboxylic acids is 1. The highest BCUT2D eigenvalue weighted by molar-refractivity contribution is 5.75. The fourth-order valence-electron chi connectivity index (χ4n) is 2.89. The number of carboxylic acids is 1. The second-order valence-electron chi connectivity index (χ2n) is 5.56. The van der Waals surface area contributed by atoms with Gasteiger partial charge in [-0.2, -0.15) is 0 Å². The molecule has 112 valence electrons. The van der Waals surface area contributed by atoms with Crippen molar-refractivity contribution in [1.29, 1.82) is 0 Å². The summed E-state index contributed by atoms with van der Waals surface area (Å²) in [6.45, 7) is 4.64. The van der Waals surface area contributed by atoms with Crippen LogP contribution < -0.4 is 0 Å². The van der Waals surface area contributed by atoms with E-state index in [1.54, 1.807) is 14.2 Å². The Hall–Kier alpha value is -0.650. The van der Waals surface area contributed by atoms with Crippen molar-refractivity contribution in [3.63, 3.8) is 0 Å². The van der Waals surface area contributed by atoms with Crippen molar-refractivity contribution in [2.45, 2.75) is 38.6 Å². The summed E-state index contributed by atoms with van der Waals surface area (Å²) in [4.78, 5) is 13.8. The molecule has 1 atom stereocenters. The van der Waals surface area contributed by atoms with Gasteiger partial charge >= 0.3 is 5.97 Å². The van der Waals surface area contributed by atoms with Crippen LogP contribution in [0.4, 0.5) is 0 Å². The van der Waals surface area contributed by atoms with E-state index in [9.17, 15) is 9.90 Å². The highest BCUT2D eigenvalue weighted by atomic mass is 16.5. The molecule has 0 saturated heterocycles. The molecule has 1 aliphatic rings. The summed E-state index contributed by atoms with van der Waals surface area (Å²) in [6.07, 6.45) is 3.60. The van der Waals surface area contributed by atoms with Crippen molar-refractivity contribution in [2.75, 3.05) is 40.5 Å². The minimum absolute atomic E-state index is 0.206. The molecule has 1 aliphatic carbocycles. The lowest BCUT2D eigenvalue weighted by molar-refractivity contribution is -0.150. The first-order chi connectivity index (χ1) is 9.05. The standard InChI is InChI=1S/C14H27NO4/c1-12(10-19-3)15(8-9-18-2)11-14(13(16)17)6-4-5-7-14/h12H,4-11H2,1-3H3,(H,16,17). The van der Waals surface area contributed by atoms with Gasteiger partial charge in [0.15, 0.2) is 0 Å². The smallest absolute Gasteiger partial charge is 0.310 e. The van der Waals surface area contributed by atoms with Gasteiger partial charge in [0.25, 0.3) is 0 Å². The predicted molar refractivity (Wildman–Crippen MR) is 73.3 cm³/mol. The van der Waals surface area contributed by atoms with Crippen LogP contribution in [0.15, 0.2) is 0 Å². The number of rotatable bonds is 9. The first-order valence-corrected chi connectivity index (χ1v) is 7.01. The molecule has 0 amide bonds. The fourth-order valence-corrected chi connectivity index (χ4v) is 2.89. The third-order valence-electron chi connectivity index (χ3n) is 4.13. The first-order valence-electron chi connectivity index (χ1n) is 7.01. The second-order valence-corrected chi connectivity index (χ2v) is 5.56. The Kier molecular flexibility index (Phi) is 6.75. The van der Waals surface area contributed by atoms with Gasteiger partial charge in [0.2, 0.25) is 0 Å². The highest BCUT2D eigenvalue weighted by Crippen LogP contribution is 2.39. The number of carboxylic acid groups (broad SMARTS) is 1. The Morgan fingerprint density at radius 2 is 1.95 bits per heavy atom. The lowest BCUT2D eigenvalue weighted by atomic mass is 9.85. The molecule has 0 radical (unpaired) electrons. The molecule has 0 heterocycles. The van der Waals surface area contributed by atoms with Crippen LogP contribution in [0.3, 0.4) is 0 Å². The molecule has 0 aromatic rings. The Morgan fingerprint density at radius 1 is 1.32 bits per heavy atom. The number of hydrogen-bond acceptors (Lipinski definition) is 4. The molecular weight excluding hydrogens is 246 g/mol. The number of carbonyl (C=O) groups is 1. The number of ether oxygens (including phenoxy) is 2. The normalized spacial score (nSPS) is 19.8. The quantitative estimate of drug-likeness (QED) is 0.691. The molecule has 1 saturated carbocycles. The molecule has 1 N–H and O–H groups in total. The van der Waals surface area contributed by atoms with Crippen molar-refractivity contribution in [2.24, 2.45) is 5.41 Å². The SMILES string of the molecule is COCCN(CC1(C(=O)O)CCCC1)C(C)COC. The van der Waals surface area contributed by atoms with E-state index in [0.717, 1.165) is 32.2 Å². The monoisotopic (exact) mass is 273 g/mol. The summed E-state index contributed by atoms with van der Waals surface area (Å²) >= 11 is 0. The van der Waals surface area contributed by atoms with Crippen molar-refractivity contribution in [3.8, 4) is 0 Å². The van der Waals surface area contributed by atoms with Crippen LogP contribution in [0.5, 0.6) is 0 Å². The molecular formula is C14H27NO4. The maximum absolute atomic E-state index is 11.6. The zero-order valence-corrected chi connectivity index (χ0v) is 12.4. The van der Waals surface area contributed by atoms with Crippen LogP contribution in [0.2, 0.25) is 0 Å². The molecule has 0 aliphatic heterocycles. The van der Waals surface area contributed by atoms with Gasteiger partial charge in [-0.05, 0) is 19.8 Å². The van der Waals surface area contributed by atoms with Gasteiger partial charge in [0, 0.05) is 33.4 Å². The summed E-state index contributed by atoms with van der Waals surface area (Å²) in [6, 6.07) is 0.206. The number of nitrogens with zero attached hydrogens (tertiary/aromatic N) is 1. The largest absolute Gasteiger partial charge is 0.481 e. The summed E-state index contributed by atoms with van der Waals surface area (Å²) in [5.41, 5.74) is -0.574. The van der Waals surface area contributed by atoms with Crippen LogP contribution in [-0.4, -0.2) is 62.5 Å². The summed E-state index contributed by atoms with van der Waals surface area (Å²) in [7, 11) is 3.34. The molecule has 0 aromatic heterocycles. The van der Waals surface area contributed by atoms with Crippen molar-refractivity contribution in [3.05, 3.63) is 0 Å². The van der Waals surface area contributed by atoms with Crippen molar-refractivity contribution in [1.82, 2.24) is 4.90 Å². The van der Waals surface area contributed by atoms with Crippen LogP contribution >= 0.6 is 0 Å². The Bertz CT molecular complexity index is 277. The van der Waals surface area contributed by atoms with Crippen molar-refractivity contribution < 1.29 is 19.4 Å². The lowest BCUT2D eigenvalue weighted by Crippen LogP contribution is -2.47. The topological polar surface area (TPSA) is 59.0 Å². The van der Waals surface area contributed by atoms with Crippen LogP contribution in [0, 0.1) is 5.41 Å². The van der Waals surface area contributed by atoms with E-state index in [4.69, 9.17) is 9.47 Å². The third-order valence-corrected chi connectivity index (χ3v) is 4.13. The summed E-state index contributed by atoms with van der Waals surface area (Å²) in [5, 5.41) is 9.56. The van der Waals surface area contributed by atoms with E-state index in [2.05, 4.69) is 11.8 Å². The zero-order chi connectivity index (χ0) is 14.3. The molecule has 5 heteroatoms. The Labute approximate surface area is 115 Å². The number of methoxy groups -OCH3 is 2. The molecule has 1 rings (SSSR count). The lowest BCUT2D eigenvalue weighted by Gasteiger charge is -2.35. The van der Waals surface area contributed by atoms with E-state index in [1.807, 2.05) is 0 Å². The Balaban J connectivity index is 2.70. The minimum atomic E-state index is -0.656. The van der Waals surface area contributed by atoms with Crippen molar-refractivity contribution >= 4 is 5.97 Å². The van der Waals surface area contributed by atoms with Gasteiger partial charge in [-0.15, -0.1) is 0 Å². The van der Waals surface area contributed by atoms with Gasteiger partial charge in [-0.3, -0.25) is 9.69 Å². The summed E-state index contributed by atoms with van der Waals surface area (Å²) in [5.74, 6) is -0.656. The van der Waals surface area contributed by atoms with Gasteiger partial charge in [-0.25, -0.2) is 0 Å². The maximum atomic E-state index is 11.6. The van der Waals surface area contributed by atoms with E-state index in [-0.39, 0.29) is 6.04 Å². The van der Waals surface area contributed by atoms with Gasteiger partial charge in [-0.1, -0.05) is 12.8 Å². The molecule has 19 heavy (non-hydrogen) atoms. The summed E-state index contributed by atoms with van der Waals surface area (Å²) < 4.78 is 10.3. The molecule has 0 aromatic carbocycles. The average Bonchev–Trinajstić information content (AvgIpc) is 2.84. The van der Waals surface area contributed by atoms with Gasteiger partial charge in [0.05, 0.1) is 18.6 Å². The highest BCUT2D eigenvalue weighted by Gasteiger charge is 2.43. The molecule has 5 nitrogen and oxygen atoms in total. The van der Waals surface area contributed by atoms with Gasteiger partial charge < -0.3 is 14.6 Å². The van der Waals surface area contributed by atoms with Gasteiger partial charge in [0.1, 0.15) is 0 Å². The zero-order valence-electron chi connectivity index (χ0n) is 12.4. The molecule has 1 fully saturated rings. The molecule has 0 bridgehead atoms. The van der Waals surface area contributed by atoms with E-state index < -0.39 is 11.4 Å². The van der Waals surface area contributed by atoms with E-state index >= 15 is 0 Å². The molecule has 0 spiro atoms. The fraction of sp³-hybridized carbons (Fsp3) is 0.929. The van der Waals surface area contributed by atoms with Crippen LogP contribution in [0.1, 0.15) is 32.6 Å². The van der Waals surface area contributed by atoms with Crippen LogP contribution in [0.25, 0.3) is 0 Å². The van der Waals surface area contributed by atoms with Crippen LogP contribution in [-0.2, 0) is 14.3 Å². The number of hydrogen-bond donors (Lipinski definition) is 1. The van der Waals surface area contributed by atoms with E-state index in [1.165, 1.54) is 0 Å². The first kappa shape index (κ1) is 16.4. The molecule has 1 unspecified atom stereocenters. The predicted octanol–water partition coefficient (Wildman–Crippen LogP) is 1.61.